The number of carbonyl (C=O) groups is 1. The molecule has 1 aliphatic rings. The van der Waals surface area contributed by atoms with Gasteiger partial charge in [0.2, 0.25) is 15.9 Å². The van der Waals surface area contributed by atoms with Crippen molar-refractivity contribution < 1.29 is 22.3 Å². The Bertz CT molecular complexity index is 1040. The number of halogens is 3. The van der Waals surface area contributed by atoms with Crippen molar-refractivity contribution >= 4 is 39.1 Å². The molecule has 10 heteroatoms. The number of hydrogen-bond acceptors (Lipinski definition) is 4. The maximum Gasteiger partial charge on any atom is 0.246 e. The van der Waals surface area contributed by atoms with Crippen molar-refractivity contribution in [2.75, 3.05) is 20.2 Å². The molecule has 2 aromatic rings. The second kappa shape index (κ2) is 9.51. The van der Waals surface area contributed by atoms with Crippen LogP contribution in [0.5, 0.6) is 5.75 Å². The van der Waals surface area contributed by atoms with E-state index in [1.807, 2.05) is 0 Å². The Morgan fingerprint density at radius 3 is 2.53 bits per heavy atom. The summed E-state index contributed by atoms with van der Waals surface area (Å²) in [5.41, 5.74) is 0.743. The lowest BCUT2D eigenvalue weighted by Crippen LogP contribution is -2.43. The molecule has 0 aromatic heterocycles. The molecule has 0 atom stereocenters. The smallest absolute Gasteiger partial charge is 0.246 e. The molecule has 2 aromatic carbocycles. The van der Waals surface area contributed by atoms with E-state index in [0.717, 1.165) is 17.7 Å². The van der Waals surface area contributed by atoms with Crippen LogP contribution in [0.2, 0.25) is 10.0 Å². The van der Waals surface area contributed by atoms with Crippen molar-refractivity contribution in [3.8, 4) is 5.75 Å². The highest BCUT2D eigenvalue weighted by atomic mass is 35.5. The van der Waals surface area contributed by atoms with Crippen molar-refractivity contribution in [1.29, 1.82) is 0 Å². The Hall–Kier alpha value is -1.87. The summed E-state index contributed by atoms with van der Waals surface area (Å²) in [6, 6.07) is 8.41. The first-order chi connectivity index (χ1) is 14.2. The molecule has 1 N–H and O–H groups in total. The van der Waals surface area contributed by atoms with E-state index in [1.165, 1.54) is 17.5 Å². The van der Waals surface area contributed by atoms with Crippen LogP contribution in [0.25, 0.3) is 0 Å². The molecule has 1 heterocycles. The Morgan fingerprint density at radius 1 is 1.20 bits per heavy atom. The molecular weight excluding hydrogens is 454 g/mol. The fraction of sp³-hybridized carbons (Fsp3) is 0.350. The molecule has 0 saturated carbocycles. The van der Waals surface area contributed by atoms with Gasteiger partial charge in [-0.2, -0.15) is 4.31 Å². The number of sulfonamides is 1. The Labute approximate surface area is 185 Å². The van der Waals surface area contributed by atoms with Crippen molar-refractivity contribution in [3.05, 3.63) is 57.8 Å². The predicted octanol–water partition coefficient (Wildman–Crippen LogP) is 3.86. The van der Waals surface area contributed by atoms with Gasteiger partial charge in [-0.05, 0) is 48.7 Å². The summed E-state index contributed by atoms with van der Waals surface area (Å²) < 4.78 is 45.8. The number of amides is 1. The van der Waals surface area contributed by atoms with Crippen LogP contribution in [-0.2, 0) is 21.4 Å². The van der Waals surface area contributed by atoms with E-state index in [1.54, 1.807) is 18.2 Å². The van der Waals surface area contributed by atoms with Crippen LogP contribution >= 0.6 is 23.2 Å². The number of ether oxygens (including phenoxy) is 1. The molecule has 1 fully saturated rings. The molecule has 6 nitrogen and oxygen atoms in total. The number of rotatable bonds is 6. The predicted molar refractivity (Wildman–Crippen MR) is 113 cm³/mol. The number of carbonyl (C=O) groups excluding carboxylic acids is 1. The SMILES string of the molecule is COc1ccc(F)cc1S(=O)(=O)N1CCC(C(=O)NCc2ccc(Cl)cc2Cl)CC1. The van der Waals surface area contributed by atoms with Crippen LogP contribution < -0.4 is 10.1 Å². The third-order valence-corrected chi connectivity index (χ3v) is 7.54. The number of methoxy groups -OCH3 is 1. The van der Waals surface area contributed by atoms with E-state index in [4.69, 9.17) is 27.9 Å². The Kier molecular flexibility index (Phi) is 7.23. The van der Waals surface area contributed by atoms with Crippen molar-refractivity contribution in [3.63, 3.8) is 0 Å². The Morgan fingerprint density at radius 2 is 1.90 bits per heavy atom. The second-order valence-electron chi connectivity index (χ2n) is 6.93. The van der Waals surface area contributed by atoms with E-state index in [-0.39, 0.29) is 42.1 Å². The van der Waals surface area contributed by atoms with Crippen molar-refractivity contribution in [2.45, 2.75) is 24.3 Å². The minimum atomic E-state index is -3.93. The largest absolute Gasteiger partial charge is 0.495 e. The van der Waals surface area contributed by atoms with Gasteiger partial charge in [0.05, 0.1) is 7.11 Å². The average molecular weight is 475 g/mol. The number of benzene rings is 2. The van der Waals surface area contributed by atoms with E-state index in [9.17, 15) is 17.6 Å². The van der Waals surface area contributed by atoms with Gasteiger partial charge in [0.25, 0.3) is 0 Å². The summed E-state index contributed by atoms with van der Waals surface area (Å²) in [7, 11) is -2.61. The van der Waals surface area contributed by atoms with Gasteiger partial charge < -0.3 is 10.1 Å². The van der Waals surface area contributed by atoms with Gasteiger partial charge >= 0.3 is 0 Å². The zero-order valence-corrected chi connectivity index (χ0v) is 18.5. The molecule has 0 bridgehead atoms. The second-order valence-corrected chi connectivity index (χ2v) is 9.68. The van der Waals surface area contributed by atoms with Gasteiger partial charge in [0, 0.05) is 35.6 Å². The summed E-state index contributed by atoms with van der Waals surface area (Å²) >= 11 is 12.0. The highest BCUT2D eigenvalue weighted by Gasteiger charge is 2.34. The van der Waals surface area contributed by atoms with E-state index >= 15 is 0 Å². The highest BCUT2D eigenvalue weighted by Crippen LogP contribution is 2.30. The third kappa shape index (κ3) is 5.06. The lowest BCUT2D eigenvalue weighted by atomic mass is 9.97. The number of nitrogens with zero attached hydrogens (tertiary/aromatic N) is 1. The first kappa shape index (κ1) is 22.8. The first-order valence-electron chi connectivity index (χ1n) is 9.27. The van der Waals surface area contributed by atoms with Crippen LogP contribution in [0, 0.1) is 11.7 Å². The Balaban J connectivity index is 1.61. The maximum atomic E-state index is 13.6. The number of hydrogen-bond donors (Lipinski definition) is 1. The van der Waals surface area contributed by atoms with E-state index < -0.39 is 15.8 Å². The normalized spacial score (nSPS) is 15.7. The molecule has 1 amide bonds. The van der Waals surface area contributed by atoms with E-state index in [0.29, 0.717) is 22.9 Å². The molecule has 1 saturated heterocycles. The lowest BCUT2D eigenvalue weighted by molar-refractivity contribution is -0.126. The molecule has 0 spiro atoms. The van der Waals surface area contributed by atoms with E-state index in [2.05, 4.69) is 5.32 Å². The zero-order valence-electron chi connectivity index (χ0n) is 16.2. The zero-order chi connectivity index (χ0) is 21.9. The lowest BCUT2D eigenvalue weighted by Gasteiger charge is -2.31. The monoisotopic (exact) mass is 474 g/mol. The molecule has 162 valence electrons. The van der Waals surface area contributed by atoms with Crippen LogP contribution in [0.15, 0.2) is 41.3 Å². The van der Waals surface area contributed by atoms with Gasteiger partial charge in [-0.1, -0.05) is 29.3 Å². The molecule has 0 radical (unpaired) electrons. The van der Waals surface area contributed by atoms with Crippen LogP contribution in [-0.4, -0.2) is 38.8 Å². The van der Waals surface area contributed by atoms with Crippen LogP contribution in [0.1, 0.15) is 18.4 Å². The fourth-order valence-corrected chi connectivity index (χ4v) is 5.45. The average Bonchev–Trinajstić information content (AvgIpc) is 2.73. The van der Waals surface area contributed by atoms with Gasteiger partial charge in [-0.15, -0.1) is 0 Å². The molecule has 3 rings (SSSR count). The first-order valence-corrected chi connectivity index (χ1v) is 11.5. The molecule has 30 heavy (non-hydrogen) atoms. The van der Waals surface area contributed by atoms with Crippen molar-refractivity contribution in [1.82, 2.24) is 9.62 Å². The summed E-state index contributed by atoms with van der Waals surface area (Å²) in [6.45, 7) is 0.567. The molecule has 1 aliphatic heterocycles. The minimum absolute atomic E-state index is 0.0797. The highest BCUT2D eigenvalue weighted by molar-refractivity contribution is 7.89. The summed E-state index contributed by atoms with van der Waals surface area (Å²) in [5, 5.41) is 3.81. The summed E-state index contributed by atoms with van der Waals surface area (Å²) in [4.78, 5) is 12.3. The number of piperidine rings is 1. The maximum absolute atomic E-state index is 13.6. The quantitative estimate of drug-likeness (QED) is 0.689. The van der Waals surface area contributed by atoms with Crippen LogP contribution in [0.4, 0.5) is 4.39 Å². The molecular formula is C20H21Cl2FN2O4S. The van der Waals surface area contributed by atoms with Crippen LogP contribution in [0.3, 0.4) is 0 Å². The molecule has 0 aliphatic carbocycles. The molecule has 0 unspecified atom stereocenters. The topological polar surface area (TPSA) is 75.7 Å². The summed E-state index contributed by atoms with van der Waals surface area (Å²) in [6.07, 6.45) is 0.716. The number of nitrogens with one attached hydrogen (secondary N) is 1. The third-order valence-electron chi connectivity index (χ3n) is 5.04. The standard InChI is InChI=1S/C20H21Cl2FN2O4S/c1-29-18-5-4-16(23)11-19(18)30(27,28)25-8-6-13(7-9-25)20(26)24-12-14-2-3-15(21)10-17(14)22/h2-5,10-11,13H,6-9,12H2,1H3,(H,24,26). The fourth-order valence-electron chi connectivity index (χ4n) is 3.34. The minimum Gasteiger partial charge on any atom is -0.495 e. The van der Waals surface area contributed by atoms with Crippen molar-refractivity contribution in [2.24, 2.45) is 5.92 Å². The van der Waals surface area contributed by atoms with Gasteiger partial charge in [0.1, 0.15) is 16.5 Å². The van der Waals surface area contributed by atoms with Gasteiger partial charge in [-0.25, -0.2) is 12.8 Å². The van der Waals surface area contributed by atoms with Gasteiger partial charge in [0.15, 0.2) is 0 Å². The van der Waals surface area contributed by atoms with Gasteiger partial charge in [-0.3, -0.25) is 4.79 Å². The summed E-state index contributed by atoms with van der Waals surface area (Å²) in [5.74, 6) is -1.07.